The highest BCUT2D eigenvalue weighted by atomic mass is 16.3. The van der Waals surface area contributed by atoms with E-state index in [0.717, 1.165) is 0 Å². The first-order valence-corrected chi connectivity index (χ1v) is 7.00. The highest BCUT2D eigenvalue weighted by Gasteiger charge is 2.20. The zero-order chi connectivity index (χ0) is 16.1. The molecule has 0 saturated carbocycles. The number of carbonyl (C=O) groups is 2. The number of anilines is 1. The molecule has 0 aliphatic heterocycles. The number of rotatable bonds is 4. The molecule has 6 heteroatoms. The maximum atomic E-state index is 12.1. The van der Waals surface area contributed by atoms with Crippen molar-refractivity contribution in [2.45, 2.75) is 6.92 Å². The fraction of sp³-hybridized carbons (Fsp3) is 0.250. The number of phenolic OH excluding ortho intramolecular Hbond substituents is 1. The lowest BCUT2D eigenvalue weighted by Gasteiger charge is -2.19. The molecule has 2 aromatic carbocycles. The first-order valence-electron chi connectivity index (χ1n) is 7.00. The van der Waals surface area contributed by atoms with E-state index in [1.165, 1.54) is 4.90 Å². The molecular weight excluding hydrogens is 284 g/mol. The predicted octanol–water partition coefficient (Wildman–Crippen LogP) is 1.32. The van der Waals surface area contributed by atoms with Gasteiger partial charge in [-0.15, -0.1) is 0 Å². The van der Waals surface area contributed by atoms with Crippen LogP contribution in [0.4, 0.5) is 5.69 Å². The molecule has 0 fully saturated rings. The number of aromatic hydroxyl groups is 1. The van der Waals surface area contributed by atoms with Crippen molar-refractivity contribution >= 4 is 28.3 Å². The van der Waals surface area contributed by atoms with Gasteiger partial charge in [0.2, 0.25) is 0 Å². The Bertz CT molecular complexity index is 700. The first kappa shape index (κ1) is 15.8. The van der Waals surface area contributed by atoms with Crippen LogP contribution >= 0.6 is 0 Å². The Hall–Kier alpha value is -2.60. The molecule has 6 nitrogen and oxygen atoms in total. The van der Waals surface area contributed by atoms with Crippen molar-refractivity contribution in [2.24, 2.45) is 0 Å². The van der Waals surface area contributed by atoms with Gasteiger partial charge in [-0.2, -0.15) is 0 Å². The number of likely N-dealkylation sites (N-methyl/N-ethyl adjacent to an activating group) is 1. The lowest BCUT2D eigenvalue weighted by molar-refractivity contribution is -0.143. The molecule has 3 N–H and O–H groups in total. The highest BCUT2D eigenvalue weighted by molar-refractivity contribution is 6.40. The molecule has 0 aliphatic rings. The molecule has 0 aliphatic carbocycles. The van der Waals surface area contributed by atoms with Gasteiger partial charge in [-0.25, -0.2) is 0 Å². The molecule has 22 heavy (non-hydrogen) atoms. The number of nitrogens with one attached hydrogen (secondary N) is 1. The number of benzene rings is 2. The average Bonchev–Trinajstić information content (AvgIpc) is 2.53. The third kappa shape index (κ3) is 3.17. The number of carbonyl (C=O) groups excluding carboxylic acids is 2. The van der Waals surface area contributed by atoms with Gasteiger partial charge >= 0.3 is 11.8 Å². The Morgan fingerprint density at radius 3 is 2.50 bits per heavy atom. The van der Waals surface area contributed by atoms with Crippen molar-refractivity contribution in [3.8, 4) is 5.75 Å². The molecule has 0 spiro atoms. The highest BCUT2D eigenvalue weighted by Crippen LogP contribution is 2.29. The Labute approximate surface area is 128 Å². The Balaban J connectivity index is 2.25. The third-order valence-corrected chi connectivity index (χ3v) is 3.38. The third-order valence-electron chi connectivity index (χ3n) is 3.38. The number of nitrogens with zero attached hydrogens (tertiary/aromatic N) is 1. The van der Waals surface area contributed by atoms with Gasteiger partial charge in [-0.3, -0.25) is 9.59 Å². The topological polar surface area (TPSA) is 89.9 Å². The van der Waals surface area contributed by atoms with Crippen LogP contribution in [0.25, 0.3) is 10.8 Å². The van der Waals surface area contributed by atoms with E-state index in [1.54, 1.807) is 43.3 Å². The van der Waals surface area contributed by atoms with E-state index >= 15 is 0 Å². The first-order chi connectivity index (χ1) is 10.6. The zero-order valence-corrected chi connectivity index (χ0v) is 12.2. The Kier molecular flexibility index (Phi) is 4.95. The summed E-state index contributed by atoms with van der Waals surface area (Å²) in [5.41, 5.74) is 0.451. The lowest BCUT2D eigenvalue weighted by Crippen LogP contribution is -2.41. The number of amides is 2. The van der Waals surface area contributed by atoms with E-state index in [0.29, 0.717) is 23.0 Å². The summed E-state index contributed by atoms with van der Waals surface area (Å²) in [6, 6.07) is 10.0. The molecule has 2 aromatic rings. The molecule has 0 atom stereocenters. The molecule has 2 amide bonds. The van der Waals surface area contributed by atoms with Gasteiger partial charge < -0.3 is 20.4 Å². The van der Waals surface area contributed by atoms with Crippen molar-refractivity contribution in [2.75, 3.05) is 25.0 Å². The number of hydrogen-bond acceptors (Lipinski definition) is 4. The van der Waals surface area contributed by atoms with E-state index in [4.69, 9.17) is 5.11 Å². The molecule has 2 rings (SSSR count). The zero-order valence-electron chi connectivity index (χ0n) is 12.2. The van der Waals surface area contributed by atoms with E-state index in [1.807, 2.05) is 0 Å². The van der Waals surface area contributed by atoms with E-state index < -0.39 is 11.8 Å². The SMILES string of the molecule is CCN(CCO)C(=O)C(=O)Nc1cccc2c(O)cccc12. The Morgan fingerprint density at radius 1 is 1.14 bits per heavy atom. The van der Waals surface area contributed by atoms with Gasteiger partial charge in [0.25, 0.3) is 0 Å². The summed E-state index contributed by atoms with van der Waals surface area (Å²) in [5, 5.41) is 22.5. The van der Waals surface area contributed by atoms with Crippen LogP contribution in [0.1, 0.15) is 6.92 Å². The lowest BCUT2D eigenvalue weighted by atomic mass is 10.1. The van der Waals surface area contributed by atoms with Gasteiger partial charge in [-0.05, 0) is 19.1 Å². The minimum atomic E-state index is -0.772. The second-order valence-electron chi connectivity index (χ2n) is 4.74. The number of aliphatic hydroxyl groups is 1. The van der Waals surface area contributed by atoms with Gasteiger partial charge in [0.05, 0.1) is 6.61 Å². The van der Waals surface area contributed by atoms with Crippen LogP contribution in [-0.2, 0) is 9.59 Å². The largest absolute Gasteiger partial charge is 0.507 e. The van der Waals surface area contributed by atoms with Crippen LogP contribution < -0.4 is 5.32 Å². The quantitative estimate of drug-likeness (QED) is 0.743. The van der Waals surface area contributed by atoms with Gasteiger partial charge in [0.1, 0.15) is 5.75 Å². The predicted molar refractivity (Wildman–Crippen MR) is 83.6 cm³/mol. The molecule has 0 saturated heterocycles. The van der Waals surface area contributed by atoms with Crippen LogP contribution in [0.2, 0.25) is 0 Å². The molecule has 0 aromatic heterocycles. The van der Waals surface area contributed by atoms with Gasteiger partial charge in [0.15, 0.2) is 0 Å². The second-order valence-corrected chi connectivity index (χ2v) is 4.74. The summed E-state index contributed by atoms with van der Waals surface area (Å²) in [4.78, 5) is 25.4. The minimum absolute atomic E-state index is 0.107. The summed E-state index contributed by atoms with van der Waals surface area (Å²) >= 11 is 0. The summed E-state index contributed by atoms with van der Waals surface area (Å²) in [6.45, 7) is 1.98. The fourth-order valence-corrected chi connectivity index (χ4v) is 2.25. The summed E-state index contributed by atoms with van der Waals surface area (Å²) in [6.07, 6.45) is 0. The van der Waals surface area contributed by atoms with Crippen LogP contribution in [0, 0.1) is 0 Å². The fourth-order valence-electron chi connectivity index (χ4n) is 2.25. The van der Waals surface area contributed by atoms with Crippen molar-refractivity contribution in [1.82, 2.24) is 4.90 Å². The monoisotopic (exact) mass is 302 g/mol. The maximum Gasteiger partial charge on any atom is 0.313 e. The summed E-state index contributed by atoms with van der Waals surface area (Å²) in [5.74, 6) is -1.37. The van der Waals surface area contributed by atoms with E-state index in [-0.39, 0.29) is 18.9 Å². The molecule has 0 radical (unpaired) electrons. The molecule has 0 bridgehead atoms. The normalized spacial score (nSPS) is 10.5. The van der Waals surface area contributed by atoms with Crippen molar-refractivity contribution in [1.29, 1.82) is 0 Å². The van der Waals surface area contributed by atoms with Crippen molar-refractivity contribution < 1.29 is 19.8 Å². The average molecular weight is 302 g/mol. The van der Waals surface area contributed by atoms with Crippen LogP contribution in [0.5, 0.6) is 5.75 Å². The smallest absolute Gasteiger partial charge is 0.313 e. The van der Waals surface area contributed by atoms with Crippen molar-refractivity contribution in [3.63, 3.8) is 0 Å². The number of aliphatic hydroxyl groups excluding tert-OH is 1. The minimum Gasteiger partial charge on any atom is -0.507 e. The van der Waals surface area contributed by atoms with Crippen LogP contribution in [0.15, 0.2) is 36.4 Å². The van der Waals surface area contributed by atoms with Gasteiger partial charge in [-0.1, -0.05) is 24.3 Å². The van der Waals surface area contributed by atoms with E-state index in [2.05, 4.69) is 5.32 Å². The molecule has 0 heterocycles. The number of fused-ring (bicyclic) bond motifs is 1. The summed E-state index contributed by atoms with van der Waals surface area (Å²) < 4.78 is 0. The second kappa shape index (κ2) is 6.91. The van der Waals surface area contributed by atoms with Gasteiger partial charge in [0, 0.05) is 29.5 Å². The number of hydrogen-bond donors (Lipinski definition) is 3. The Morgan fingerprint density at radius 2 is 1.82 bits per heavy atom. The molecule has 116 valence electrons. The summed E-state index contributed by atoms with van der Waals surface area (Å²) in [7, 11) is 0. The van der Waals surface area contributed by atoms with Crippen molar-refractivity contribution in [3.05, 3.63) is 36.4 Å². The molecular formula is C16H18N2O4. The molecule has 0 unspecified atom stereocenters. The van der Waals surface area contributed by atoms with Crippen LogP contribution in [0.3, 0.4) is 0 Å². The number of phenols is 1. The van der Waals surface area contributed by atoms with E-state index in [9.17, 15) is 14.7 Å². The maximum absolute atomic E-state index is 12.1. The van der Waals surface area contributed by atoms with Crippen LogP contribution in [-0.4, -0.2) is 46.6 Å². The standard InChI is InChI=1S/C16H18N2O4/c1-2-18(9-10-19)16(22)15(21)17-13-7-3-6-12-11(13)5-4-8-14(12)20/h3-8,19-20H,2,9-10H2,1H3,(H,17,21).